The van der Waals surface area contributed by atoms with Gasteiger partial charge in [0, 0.05) is 15.8 Å². The number of carbonyl (C=O) groups is 2. The molecule has 0 aromatic heterocycles. The summed E-state index contributed by atoms with van der Waals surface area (Å²) in [7, 11) is 0.366. The zero-order chi connectivity index (χ0) is 22.7. The van der Waals surface area contributed by atoms with E-state index in [0.29, 0.717) is 23.3 Å². The van der Waals surface area contributed by atoms with Crippen molar-refractivity contribution >= 4 is 22.2 Å². The first-order valence-corrected chi connectivity index (χ1v) is 13.5. The summed E-state index contributed by atoms with van der Waals surface area (Å²) in [6.07, 6.45) is 19.3. The predicted molar refractivity (Wildman–Crippen MR) is 130 cm³/mol. The Morgan fingerprint density at radius 2 is 1.17 bits per heavy atom. The first-order chi connectivity index (χ1) is 14.4. The van der Waals surface area contributed by atoms with Gasteiger partial charge in [0.25, 0.3) is 0 Å². The second-order valence-corrected chi connectivity index (χ2v) is 10.7. The molecule has 1 atom stereocenters. The Kier molecular flexibility index (Phi) is 18.0. The van der Waals surface area contributed by atoms with Crippen LogP contribution in [0, 0.1) is 0 Å². The zero-order valence-corrected chi connectivity index (χ0v) is 22.1. The molecule has 0 aliphatic rings. The van der Waals surface area contributed by atoms with Crippen LogP contribution in [0.4, 0.5) is 0 Å². The van der Waals surface area contributed by atoms with Crippen molar-refractivity contribution in [3.05, 3.63) is 12.2 Å². The number of carboxylic acids is 1. The number of unbranched alkanes of at least 4 members (excludes halogenated alkanes) is 14. The van der Waals surface area contributed by atoms with E-state index in [9.17, 15) is 14.7 Å². The van der Waals surface area contributed by atoms with E-state index in [1.807, 2.05) is 0 Å². The Bertz CT molecular complexity index is 478. The van der Waals surface area contributed by atoms with Crippen molar-refractivity contribution in [2.75, 3.05) is 6.61 Å². The highest BCUT2D eigenvalue weighted by molar-refractivity contribution is 6.32. The van der Waals surface area contributed by atoms with Gasteiger partial charge >= 0.3 is 11.9 Å². The average Bonchev–Trinajstić information content (AvgIpc) is 2.73. The van der Waals surface area contributed by atoms with Gasteiger partial charge in [-0.25, -0.2) is 4.79 Å². The molecule has 0 saturated carbocycles. The lowest BCUT2D eigenvalue weighted by Crippen LogP contribution is -2.30. The molecule has 0 bridgehead atoms. The summed E-state index contributed by atoms with van der Waals surface area (Å²) in [6.45, 7) is 8.61. The van der Waals surface area contributed by atoms with E-state index in [2.05, 4.69) is 20.4 Å². The first-order valence-electron chi connectivity index (χ1n) is 12.5. The predicted octanol–water partition coefficient (Wildman–Crippen LogP) is 6.37. The SMILES string of the molecule is C=C(C(=O)OCCCCCCCCCCCC)C([SiH3])(CCCCCCCC)C(=O)O. The minimum atomic E-state index is -1.10. The van der Waals surface area contributed by atoms with Crippen LogP contribution in [0.25, 0.3) is 0 Å². The number of aliphatic carboxylic acids is 1. The van der Waals surface area contributed by atoms with Gasteiger partial charge in [0.15, 0.2) is 0 Å². The van der Waals surface area contributed by atoms with Crippen LogP contribution in [-0.2, 0) is 14.3 Å². The first kappa shape index (κ1) is 28.9. The molecule has 0 rings (SSSR count). The summed E-state index contributed by atoms with van der Waals surface area (Å²) in [5.41, 5.74) is 0.141. The molecule has 5 heteroatoms. The molecule has 1 unspecified atom stereocenters. The molecule has 0 fully saturated rings. The Balaban J connectivity index is 4.02. The van der Waals surface area contributed by atoms with Gasteiger partial charge in [-0.15, -0.1) is 0 Å². The van der Waals surface area contributed by atoms with E-state index < -0.39 is 17.0 Å². The van der Waals surface area contributed by atoms with Crippen molar-refractivity contribution in [3.8, 4) is 0 Å². The fraction of sp³-hybridized carbons (Fsp3) is 0.840. The van der Waals surface area contributed by atoms with Crippen molar-refractivity contribution in [2.45, 2.75) is 128 Å². The van der Waals surface area contributed by atoms with E-state index in [-0.39, 0.29) is 5.57 Å². The minimum Gasteiger partial charge on any atom is -0.481 e. The molecule has 1 N–H and O–H groups in total. The van der Waals surface area contributed by atoms with Crippen LogP contribution in [-0.4, -0.2) is 33.9 Å². The number of carbonyl (C=O) groups excluding carboxylic acids is 1. The molecule has 0 heterocycles. The Labute approximate surface area is 188 Å². The Hall–Kier alpha value is -1.10. The Morgan fingerprint density at radius 3 is 1.60 bits per heavy atom. The number of hydrogen-bond acceptors (Lipinski definition) is 3. The maximum atomic E-state index is 12.4. The molecule has 0 spiro atoms. The van der Waals surface area contributed by atoms with Crippen LogP contribution in [0.15, 0.2) is 12.2 Å². The largest absolute Gasteiger partial charge is 0.481 e. The Morgan fingerprint density at radius 1 is 0.767 bits per heavy atom. The fourth-order valence-corrected chi connectivity index (χ4v) is 4.27. The second kappa shape index (κ2) is 18.6. The lowest BCUT2D eigenvalue weighted by Gasteiger charge is -2.26. The van der Waals surface area contributed by atoms with Crippen molar-refractivity contribution < 1.29 is 19.4 Å². The molecule has 0 aromatic rings. The van der Waals surface area contributed by atoms with Gasteiger partial charge in [0.05, 0.1) is 11.6 Å². The fourth-order valence-electron chi connectivity index (χ4n) is 3.71. The molecule has 4 nitrogen and oxygen atoms in total. The number of carboxylic acid groups (broad SMARTS) is 1. The van der Waals surface area contributed by atoms with Crippen LogP contribution in [0.2, 0.25) is 5.04 Å². The van der Waals surface area contributed by atoms with Crippen LogP contribution in [0.1, 0.15) is 123 Å². The topological polar surface area (TPSA) is 63.6 Å². The molecule has 0 aliphatic carbocycles. The number of hydrogen-bond donors (Lipinski definition) is 1. The van der Waals surface area contributed by atoms with E-state index in [1.54, 1.807) is 0 Å². The van der Waals surface area contributed by atoms with Gasteiger partial charge in [-0.3, -0.25) is 4.79 Å². The monoisotopic (exact) mass is 440 g/mol. The van der Waals surface area contributed by atoms with E-state index in [4.69, 9.17) is 4.74 Å². The van der Waals surface area contributed by atoms with Crippen molar-refractivity contribution in [3.63, 3.8) is 0 Å². The maximum absolute atomic E-state index is 12.4. The molecule has 176 valence electrons. The third kappa shape index (κ3) is 13.3. The van der Waals surface area contributed by atoms with Crippen LogP contribution in [0.3, 0.4) is 0 Å². The summed E-state index contributed by atoms with van der Waals surface area (Å²) in [5, 5.41) is 8.62. The highest BCUT2D eigenvalue weighted by atomic mass is 28.1. The second-order valence-electron chi connectivity index (χ2n) is 8.95. The van der Waals surface area contributed by atoms with Crippen molar-refractivity contribution in [1.29, 1.82) is 0 Å². The van der Waals surface area contributed by atoms with Crippen LogP contribution in [0.5, 0.6) is 0 Å². The van der Waals surface area contributed by atoms with Gasteiger partial charge in [0.1, 0.15) is 0 Å². The molecule has 0 aromatic carbocycles. The molecule has 0 amide bonds. The quantitative estimate of drug-likeness (QED) is 0.0975. The van der Waals surface area contributed by atoms with Gasteiger partial charge in [-0.1, -0.05) is 117 Å². The van der Waals surface area contributed by atoms with E-state index >= 15 is 0 Å². The van der Waals surface area contributed by atoms with E-state index in [1.165, 1.54) is 70.6 Å². The molecule has 30 heavy (non-hydrogen) atoms. The third-order valence-electron chi connectivity index (χ3n) is 6.15. The summed E-state index contributed by atoms with van der Waals surface area (Å²) >= 11 is 0. The zero-order valence-electron chi connectivity index (χ0n) is 20.1. The number of ether oxygens (including phenoxy) is 1. The average molecular weight is 441 g/mol. The molecular formula is C25H48O4Si. The highest BCUT2D eigenvalue weighted by Gasteiger charge is 2.39. The molecule has 0 aliphatic heterocycles. The van der Waals surface area contributed by atoms with E-state index in [0.717, 1.165) is 32.1 Å². The lowest BCUT2D eigenvalue weighted by molar-refractivity contribution is -0.145. The van der Waals surface area contributed by atoms with Crippen molar-refractivity contribution in [2.24, 2.45) is 0 Å². The molecule has 0 saturated heterocycles. The van der Waals surface area contributed by atoms with Crippen molar-refractivity contribution in [1.82, 2.24) is 0 Å². The number of rotatable bonds is 21. The normalized spacial score (nSPS) is 13.1. The van der Waals surface area contributed by atoms with Gasteiger partial charge in [-0.2, -0.15) is 0 Å². The standard InChI is InChI=1S/C25H48O4Si/c1-4-6-8-10-12-13-14-15-17-19-21-29-23(26)22(3)25(30,24(27)28)20-18-16-11-9-7-5-2/h3-21H2,1-2,30H3,(H,27,28). The molecular weight excluding hydrogens is 392 g/mol. The summed E-state index contributed by atoms with van der Waals surface area (Å²) in [5.74, 6) is -1.45. The highest BCUT2D eigenvalue weighted by Crippen LogP contribution is 2.38. The van der Waals surface area contributed by atoms with Crippen LogP contribution >= 0.6 is 0 Å². The number of esters is 1. The maximum Gasteiger partial charge on any atom is 0.334 e. The summed E-state index contributed by atoms with van der Waals surface area (Å²) < 4.78 is 5.35. The summed E-state index contributed by atoms with van der Waals surface area (Å²) in [6, 6.07) is 0. The van der Waals surface area contributed by atoms with Gasteiger partial charge in [0.2, 0.25) is 0 Å². The lowest BCUT2D eigenvalue weighted by atomic mass is 9.92. The minimum absolute atomic E-state index is 0.141. The van der Waals surface area contributed by atoms with Gasteiger partial charge in [-0.05, 0) is 12.8 Å². The third-order valence-corrected chi connectivity index (χ3v) is 7.68. The van der Waals surface area contributed by atoms with Gasteiger partial charge < -0.3 is 9.84 Å². The molecule has 0 radical (unpaired) electrons. The summed E-state index contributed by atoms with van der Waals surface area (Å²) in [4.78, 5) is 24.2. The smallest absolute Gasteiger partial charge is 0.334 e. The van der Waals surface area contributed by atoms with Crippen LogP contribution < -0.4 is 0 Å².